The zero-order valence-corrected chi connectivity index (χ0v) is 35.8. The summed E-state index contributed by atoms with van der Waals surface area (Å²) in [6.07, 6.45) is -5.52. The molecule has 6 aliphatic rings. The zero-order valence-electron chi connectivity index (χ0n) is 35.8. The molecule has 6 saturated heterocycles. The standard InChI is InChI=1S/C42H72O16/c1-10-40(12-11-29(55-40)39(8)13-14-41(58-39)17-26(44)23(5)35(56-41)24(6)34(51-9)25(7)37(48)49)36-21(3)16-27(53-36)33-20(2)15-22(4)42(50,57-33)19-52-38-32(47)31(46)30(45)28(18-43)54-38/h20-36,38,43-47,50H,10-19H2,1-9H3,(H,48,49). The molecule has 6 aliphatic heterocycles. The summed E-state index contributed by atoms with van der Waals surface area (Å²) in [4.78, 5) is 11.9. The molecule has 6 heterocycles. The van der Waals surface area contributed by atoms with Crippen LogP contribution in [0.4, 0.5) is 0 Å². The van der Waals surface area contributed by atoms with Crippen molar-refractivity contribution < 1.29 is 78.4 Å². The van der Waals surface area contributed by atoms with Gasteiger partial charge in [-0.25, -0.2) is 0 Å². The van der Waals surface area contributed by atoms with Gasteiger partial charge in [-0.15, -0.1) is 0 Å². The summed E-state index contributed by atoms with van der Waals surface area (Å²) in [6.45, 7) is 14.7. The van der Waals surface area contributed by atoms with Gasteiger partial charge < -0.3 is 73.6 Å². The molecule has 7 N–H and O–H groups in total. The summed E-state index contributed by atoms with van der Waals surface area (Å²) < 4.78 is 51.3. The molecule has 336 valence electrons. The largest absolute Gasteiger partial charge is 0.481 e. The van der Waals surface area contributed by atoms with Crippen LogP contribution in [-0.4, -0.2) is 158 Å². The van der Waals surface area contributed by atoms with Crippen molar-refractivity contribution >= 4 is 5.97 Å². The zero-order chi connectivity index (χ0) is 42.7. The number of hydrogen-bond donors (Lipinski definition) is 7. The van der Waals surface area contributed by atoms with Crippen molar-refractivity contribution in [2.24, 2.45) is 35.5 Å². The molecule has 0 aromatic carbocycles. The number of rotatable bonds is 13. The Hall–Kier alpha value is -1.09. The third-order valence-electron chi connectivity index (χ3n) is 15.1. The van der Waals surface area contributed by atoms with E-state index in [1.165, 1.54) is 7.11 Å². The van der Waals surface area contributed by atoms with Crippen LogP contribution in [0.3, 0.4) is 0 Å². The fraction of sp³-hybridized carbons (Fsp3) is 0.976. The van der Waals surface area contributed by atoms with Crippen LogP contribution in [0.15, 0.2) is 0 Å². The summed E-state index contributed by atoms with van der Waals surface area (Å²) in [7, 11) is 1.51. The van der Waals surface area contributed by atoms with E-state index < -0.39 is 96.4 Å². The number of aliphatic carboxylic acids is 1. The molecule has 6 rings (SSSR count). The Morgan fingerprint density at radius 1 is 0.914 bits per heavy atom. The minimum Gasteiger partial charge on any atom is -0.481 e. The molecule has 0 radical (unpaired) electrons. The number of hydrogen-bond acceptors (Lipinski definition) is 15. The molecule has 0 saturated carbocycles. The third kappa shape index (κ3) is 8.51. The van der Waals surface area contributed by atoms with Gasteiger partial charge in [0, 0.05) is 37.7 Å². The molecule has 16 nitrogen and oxygen atoms in total. The first-order chi connectivity index (χ1) is 27.2. The van der Waals surface area contributed by atoms with Crippen LogP contribution in [0.5, 0.6) is 0 Å². The van der Waals surface area contributed by atoms with Gasteiger partial charge in [0.1, 0.15) is 31.0 Å². The van der Waals surface area contributed by atoms with Gasteiger partial charge in [0.05, 0.1) is 66.5 Å². The normalized spacial score (nSPS) is 51.5. The molecule has 0 amide bonds. The number of ether oxygens (including phenoxy) is 8. The molecule has 0 aliphatic carbocycles. The summed E-state index contributed by atoms with van der Waals surface area (Å²) in [5, 5.41) is 73.5. The Labute approximate surface area is 342 Å². The van der Waals surface area contributed by atoms with Gasteiger partial charge in [-0.05, 0) is 64.2 Å². The number of carboxylic acids is 1. The fourth-order valence-corrected chi connectivity index (χ4v) is 11.3. The van der Waals surface area contributed by atoms with Crippen LogP contribution in [0, 0.1) is 35.5 Å². The molecule has 22 atom stereocenters. The maximum atomic E-state index is 11.9. The second-order valence-electron chi connectivity index (χ2n) is 19.1. The molecule has 6 fully saturated rings. The van der Waals surface area contributed by atoms with E-state index in [0.717, 1.165) is 12.8 Å². The summed E-state index contributed by atoms with van der Waals surface area (Å²) >= 11 is 0. The lowest BCUT2D eigenvalue weighted by atomic mass is 9.78. The predicted octanol–water partition coefficient (Wildman–Crippen LogP) is 2.10. The second-order valence-corrected chi connectivity index (χ2v) is 19.1. The Kier molecular flexibility index (Phi) is 14.1. The minimum atomic E-state index is -1.77. The third-order valence-corrected chi connectivity index (χ3v) is 15.1. The average Bonchev–Trinajstić information content (AvgIpc) is 3.90. The first kappa shape index (κ1) is 46.4. The van der Waals surface area contributed by atoms with Crippen molar-refractivity contribution in [3.63, 3.8) is 0 Å². The number of carbonyl (C=O) groups is 1. The number of aliphatic hydroxyl groups is 6. The SMILES string of the molecule is CCC1(C2OC(C3OC(O)(COC4OC(CO)C(O)C(O)C4O)C(C)CC3C)CC2C)CCC(C2(C)CCC3(CC(O)C(C)C(C(C)C(OC)C(C)C(=O)O)O3)O2)O1. The lowest BCUT2D eigenvalue weighted by Gasteiger charge is -2.49. The van der Waals surface area contributed by atoms with E-state index in [0.29, 0.717) is 38.5 Å². The first-order valence-corrected chi connectivity index (χ1v) is 21.6. The van der Waals surface area contributed by atoms with Crippen molar-refractivity contribution in [2.75, 3.05) is 20.3 Å². The lowest BCUT2D eigenvalue weighted by molar-refractivity contribution is -0.359. The van der Waals surface area contributed by atoms with Crippen LogP contribution in [-0.2, 0) is 42.7 Å². The van der Waals surface area contributed by atoms with Crippen LogP contribution in [0.25, 0.3) is 0 Å². The van der Waals surface area contributed by atoms with Gasteiger partial charge >= 0.3 is 5.97 Å². The molecule has 16 heteroatoms. The summed E-state index contributed by atoms with van der Waals surface area (Å²) in [5.41, 5.74) is -1.32. The maximum absolute atomic E-state index is 11.9. The van der Waals surface area contributed by atoms with E-state index >= 15 is 0 Å². The molecular weight excluding hydrogens is 760 g/mol. The monoisotopic (exact) mass is 832 g/mol. The van der Waals surface area contributed by atoms with Crippen LogP contribution in [0.2, 0.25) is 0 Å². The molecule has 1 spiro atoms. The lowest BCUT2D eigenvalue weighted by Crippen LogP contribution is -2.61. The highest BCUT2D eigenvalue weighted by Gasteiger charge is 2.62. The molecular formula is C42H72O16. The Bertz CT molecular complexity index is 1400. The topological polar surface area (TPSA) is 233 Å². The van der Waals surface area contributed by atoms with Crippen LogP contribution < -0.4 is 0 Å². The maximum Gasteiger partial charge on any atom is 0.308 e. The van der Waals surface area contributed by atoms with Gasteiger partial charge in [-0.3, -0.25) is 4.79 Å². The predicted molar refractivity (Wildman–Crippen MR) is 205 cm³/mol. The van der Waals surface area contributed by atoms with Gasteiger partial charge in [-0.2, -0.15) is 0 Å². The fourth-order valence-electron chi connectivity index (χ4n) is 11.3. The van der Waals surface area contributed by atoms with Gasteiger partial charge in [0.2, 0.25) is 0 Å². The average molecular weight is 833 g/mol. The summed E-state index contributed by atoms with van der Waals surface area (Å²) in [6, 6.07) is 0. The molecule has 0 aromatic rings. The Balaban J connectivity index is 1.11. The minimum absolute atomic E-state index is 0.0295. The first-order valence-electron chi connectivity index (χ1n) is 21.6. The van der Waals surface area contributed by atoms with Crippen molar-refractivity contribution in [3.05, 3.63) is 0 Å². The van der Waals surface area contributed by atoms with Gasteiger partial charge in [-0.1, -0.05) is 41.5 Å². The molecule has 22 unspecified atom stereocenters. The number of methoxy groups -OCH3 is 1. The Morgan fingerprint density at radius 3 is 2.26 bits per heavy atom. The highest BCUT2D eigenvalue weighted by atomic mass is 16.7. The van der Waals surface area contributed by atoms with E-state index in [1.54, 1.807) is 6.92 Å². The van der Waals surface area contributed by atoms with E-state index in [-0.39, 0.29) is 54.5 Å². The second kappa shape index (κ2) is 17.6. The van der Waals surface area contributed by atoms with Crippen molar-refractivity contribution in [1.82, 2.24) is 0 Å². The van der Waals surface area contributed by atoms with E-state index in [2.05, 4.69) is 27.7 Å². The Morgan fingerprint density at radius 2 is 1.62 bits per heavy atom. The van der Waals surface area contributed by atoms with Crippen molar-refractivity contribution in [3.8, 4) is 0 Å². The number of carboxylic acid groups (broad SMARTS) is 1. The van der Waals surface area contributed by atoms with Crippen molar-refractivity contribution in [2.45, 2.75) is 203 Å². The number of aliphatic hydroxyl groups excluding tert-OH is 5. The molecule has 0 aromatic heterocycles. The van der Waals surface area contributed by atoms with Crippen LogP contribution >= 0.6 is 0 Å². The van der Waals surface area contributed by atoms with Gasteiger partial charge in [0.25, 0.3) is 0 Å². The van der Waals surface area contributed by atoms with Gasteiger partial charge in [0.15, 0.2) is 17.9 Å². The highest BCUT2D eigenvalue weighted by molar-refractivity contribution is 5.70. The van der Waals surface area contributed by atoms with E-state index in [1.807, 2.05) is 20.8 Å². The quantitative estimate of drug-likeness (QED) is 0.141. The van der Waals surface area contributed by atoms with E-state index in [4.69, 9.17) is 37.9 Å². The van der Waals surface area contributed by atoms with Crippen molar-refractivity contribution in [1.29, 1.82) is 0 Å². The van der Waals surface area contributed by atoms with Crippen LogP contribution in [0.1, 0.15) is 107 Å². The highest BCUT2D eigenvalue weighted by Crippen LogP contribution is 2.55. The smallest absolute Gasteiger partial charge is 0.308 e. The molecule has 0 bridgehead atoms. The van der Waals surface area contributed by atoms with E-state index in [9.17, 15) is 40.5 Å². The molecule has 58 heavy (non-hydrogen) atoms. The summed E-state index contributed by atoms with van der Waals surface area (Å²) in [5.74, 6) is -5.37.